The molecule has 1 N–H and O–H groups in total. The average molecular weight is 236 g/mol. The summed E-state index contributed by atoms with van der Waals surface area (Å²) in [5.74, 6) is -0.129. The van der Waals surface area contributed by atoms with Gasteiger partial charge in [-0.15, -0.1) is 0 Å². The molecule has 0 fully saturated rings. The van der Waals surface area contributed by atoms with E-state index in [2.05, 4.69) is 10.4 Å². The van der Waals surface area contributed by atoms with Gasteiger partial charge in [-0.1, -0.05) is 11.6 Å². The van der Waals surface area contributed by atoms with Crippen molar-refractivity contribution in [3.8, 4) is 5.69 Å². The van der Waals surface area contributed by atoms with Crippen molar-refractivity contribution in [2.45, 2.75) is 6.92 Å². The highest BCUT2D eigenvalue weighted by molar-refractivity contribution is 6.30. The van der Waals surface area contributed by atoms with E-state index in [1.165, 1.54) is 6.92 Å². The van der Waals surface area contributed by atoms with E-state index in [0.717, 1.165) is 5.69 Å². The third-order valence-electron chi connectivity index (χ3n) is 2.02. The van der Waals surface area contributed by atoms with Crippen molar-refractivity contribution in [1.29, 1.82) is 0 Å². The first-order chi connectivity index (χ1) is 7.66. The van der Waals surface area contributed by atoms with Gasteiger partial charge in [0.25, 0.3) is 0 Å². The Bertz CT molecular complexity index is 508. The van der Waals surface area contributed by atoms with Crippen molar-refractivity contribution in [2.75, 3.05) is 5.32 Å². The van der Waals surface area contributed by atoms with Gasteiger partial charge in [0.2, 0.25) is 5.91 Å². The first-order valence-corrected chi connectivity index (χ1v) is 5.12. The zero-order valence-electron chi connectivity index (χ0n) is 8.64. The predicted octanol–water partition coefficient (Wildman–Crippen LogP) is 2.48. The van der Waals surface area contributed by atoms with Gasteiger partial charge in [-0.3, -0.25) is 4.79 Å². The molecule has 16 heavy (non-hydrogen) atoms. The fraction of sp³-hybridized carbons (Fsp3) is 0.0909. The van der Waals surface area contributed by atoms with Gasteiger partial charge >= 0.3 is 0 Å². The van der Waals surface area contributed by atoms with Crippen LogP contribution in [-0.2, 0) is 4.79 Å². The second-order valence-corrected chi connectivity index (χ2v) is 3.73. The summed E-state index contributed by atoms with van der Waals surface area (Å²) in [4.78, 5) is 11.0. The molecule has 0 spiro atoms. The van der Waals surface area contributed by atoms with Crippen molar-refractivity contribution in [2.24, 2.45) is 0 Å². The normalized spacial score (nSPS) is 10.1. The Kier molecular flexibility index (Phi) is 2.92. The molecule has 0 saturated heterocycles. The van der Waals surface area contributed by atoms with Crippen LogP contribution in [0.15, 0.2) is 36.7 Å². The summed E-state index contributed by atoms with van der Waals surface area (Å²) in [6.45, 7) is 1.46. The molecule has 1 aromatic carbocycles. The molecular weight excluding hydrogens is 226 g/mol. The van der Waals surface area contributed by atoms with Crippen molar-refractivity contribution >= 4 is 23.2 Å². The number of hydrogen-bond acceptors (Lipinski definition) is 2. The highest BCUT2D eigenvalue weighted by atomic mass is 35.5. The van der Waals surface area contributed by atoms with Gasteiger partial charge in [0.1, 0.15) is 0 Å². The third kappa shape index (κ3) is 2.23. The summed E-state index contributed by atoms with van der Waals surface area (Å²) in [6, 6.07) is 7.03. The Morgan fingerprint density at radius 2 is 2.31 bits per heavy atom. The molecule has 1 aromatic heterocycles. The molecule has 0 aliphatic rings. The van der Waals surface area contributed by atoms with Crippen molar-refractivity contribution in [3.05, 3.63) is 41.7 Å². The summed E-state index contributed by atoms with van der Waals surface area (Å²) in [6.07, 6.45) is 3.45. The quantitative estimate of drug-likeness (QED) is 0.869. The number of nitrogens with one attached hydrogen (secondary N) is 1. The van der Waals surface area contributed by atoms with Crippen molar-refractivity contribution < 1.29 is 4.79 Å². The molecule has 0 bridgehead atoms. The Balaban J connectivity index is 2.48. The maximum absolute atomic E-state index is 11.0. The Morgan fingerprint density at radius 1 is 1.50 bits per heavy atom. The summed E-state index contributed by atoms with van der Waals surface area (Å²) in [7, 11) is 0. The van der Waals surface area contributed by atoms with Gasteiger partial charge in [0.05, 0.1) is 11.4 Å². The molecule has 0 aliphatic carbocycles. The predicted molar refractivity (Wildman–Crippen MR) is 62.9 cm³/mol. The zero-order valence-corrected chi connectivity index (χ0v) is 9.40. The molecule has 0 radical (unpaired) electrons. The van der Waals surface area contributed by atoms with Gasteiger partial charge in [0, 0.05) is 24.3 Å². The molecule has 1 amide bonds. The molecule has 2 rings (SSSR count). The first kappa shape index (κ1) is 10.7. The number of rotatable bonds is 2. The minimum atomic E-state index is -0.129. The monoisotopic (exact) mass is 235 g/mol. The molecule has 4 nitrogen and oxygen atoms in total. The number of amides is 1. The van der Waals surface area contributed by atoms with Crippen LogP contribution in [0.25, 0.3) is 5.69 Å². The molecule has 1 heterocycles. The van der Waals surface area contributed by atoms with E-state index in [-0.39, 0.29) is 5.91 Å². The number of halogens is 1. The van der Waals surface area contributed by atoms with E-state index in [0.29, 0.717) is 10.7 Å². The number of anilines is 1. The fourth-order valence-corrected chi connectivity index (χ4v) is 1.57. The van der Waals surface area contributed by atoms with Crippen LogP contribution in [0.3, 0.4) is 0 Å². The lowest BCUT2D eigenvalue weighted by atomic mass is 10.2. The minimum absolute atomic E-state index is 0.129. The van der Waals surface area contributed by atoms with Crippen LogP contribution in [0.2, 0.25) is 5.02 Å². The molecular formula is C11H10ClN3O. The number of hydrogen-bond donors (Lipinski definition) is 1. The summed E-state index contributed by atoms with van der Waals surface area (Å²) in [5.41, 5.74) is 1.42. The molecule has 2 aromatic rings. The molecule has 0 atom stereocenters. The summed E-state index contributed by atoms with van der Waals surface area (Å²) < 4.78 is 1.65. The van der Waals surface area contributed by atoms with Crippen LogP contribution in [0.4, 0.5) is 5.69 Å². The average Bonchev–Trinajstić information content (AvgIpc) is 2.73. The molecule has 0 saturated carbocycles. The topological polar surface area (TPSA) is 46.9 Å². The second kappa shape index (κ2) is 4.37. The van der Waals surface area contributed by atoms with Gasteiger partial charge in [0.15, 0.2) is 0 Å². The van der Waals surface area contributed by atoms with Gasteiger partial charge in [-0.2, -0.15) is 5.10 Å². The van der Waals surface area contributed by atoms with Crippen molar-refractivity contribution in [1.82, 2.24) is 9.78 Å². The second-order valence-electron chi connectivity index (χ2n) is 3.29. The zero-order chi connectivity index (χ0) is 11.5. The fourth-order valence-electron chi connectivity index (χ4n) is 1.40. The maximum Gasteiger partial charge on any atom is 0.221 e. The lowest BCUT2D eigenvalue weighted by Gasteiger charge is -2.10. The largest absolute Gasteiger partial charge is 0.324 e. The lowest BCUT2D eigenvalue weighted by molar-refractivity contribution is -0.114. The maximum atomic E-state index is 11.0. The van der Waals surface area contributed by atoms with Gasteiger partial charge in [-0.25, -0.2) is 4.68 Å². The van der Waals surface area contributed by atoms with E-state index < -0.39 is 0 Å². The highest BCUT2D eigenvalue weighted by Crippen LogP contribution is 2.23. The van der Waals surface area contributed by atoms with Crippen LogP contribution in [-0.4, -0.2) is 15.7 Å². The van der Waals surface area contributed by atoms with Gasteiger partial charge < -0.3 is 5.32 Å². The standard InChI is InChI=1S/C11H10ClN3O/c1-8(16)14-10-4-3-9(12)7-11(10)15-6-2-5-13-15/h2-7H,1H3,(H,14,16). The number of aromatic nitrogens is 2. The smallest absolute Gasteiger partial charge is 0.221 e. The van der Waals surface area contributed by atoms with E-state index >= 15 is 0 Å². The third-order valence-corrected chi connectivity index (χ3v) is 2.26. The number of nitrogens with zero attached hydrogens (tertiary/aromatic N) is 2. The SMILES string of the molecule is CC(=O)Nc1ccc(Cl)cc1-n1cccn1. The Hall–Kier alpha value is -1.81. The Labute approximate surface area is 97.8 Å². The minimum Gasteiger partial charge on any atom is -0.324 e. The number of benzene rings is 1. The molecule has 0 aliphatic heterocycles. The highest BCUT2D eigenvalue weighted by Gasteiger charge is 2.06. The summed E-state index contributed by atoms with van der Waals surface area (Å²) >= 11 is 5.92. The van der Waals surface area contributed by atoms with E-state index in [4.69, 9.17) is 11.6 Å². The lowest BCUT2D eigenvalue weighted by Crippen LogP contribution is -2.09. The number of carbonyl (C=O) groups is 1. The van der Waals surface area contributed by atoms with Crippen LogP contribution in [0.1, 0.15) is 6.92 Å². The van der Waals surface area contributed by atoms with E-state index in [1.807, 2.05) is 0 Å². The number of carbonyl (C=O) groups excluding carboxylic acids is 1. The van der Waals surface area contributed by atoms with E-state index in [9.17, 15) is 4.79 Å². The van der Waals surface area contributed by atoms with Crippen LogP contribution in [0.5, 0.6) is 0 Å². The van der Waals surface area contributed by atoms with Crippen LogP contribution >= 0.6 is 11.6 Å². The first-order valence-electron chi connectivity index (χ1n) is 4.74. The van der Waals surface area contributed by atoms with Gasteiger partial charge in [-0.05, 0) is 24.3 Å². The molecule has 82 valence electrons. The summed E-state index contributed by atoms with van der Waals surface area (Å²) in [5, 5.41) is 7.43. The van der Waals surface area contributed by atoms with Crippen molar-refractivity contribution in [3.63, 3.8) is 0 Å². The van der Waals surface area contributed by atoms with Crippen LogP contribution < -0.4 is 5.32 Å². The Morgan fingerprint density at radius 3 is 2.94 bits per heavy atom. The van der Waals surface area contributed by atoms with Crippen LogP contribution in [0, 0.1) is 0 Å². The molecule has 0 unspecified atom stereocenters. The van der Waals surface area contributed by atoms with E-state index in [1.54, 1.807) is 41.3 Å². The molecule has 5 heteroatoms.